The lowest BCUT2D eigenvalue weighted by Crippen LogP contribution is -2.11. The first-order valence-corrected chi connectivity index (χ1v) is 6.72. The van der Waals surface area contributed by atoms with Gasteiger partial charge in [-0.15, -0.1) is 0 Å². The van der Waals surface area contributed by atoms with Crippen LogP contribution in [0.4, 0.5) is 22.7 Å². The smallest absolute Gasteiger partial charge is 0.317 e. The van der Waals surface area contributed by atoms with Crippen molar-refractivity contribution in [1.82, 2.24) is 0 Å². The number of nitrogen functional groups attached to an aromatic ring is 2. The second kappa shape index (κ2) is 7.13. The number of hydrogen-bond donors (Lipinski definition) is 2. The third kappa shape index (κ3) is 4.00. The first-order valence-electron chi connectivity index (χ1n) is 6.72. The monoisotopic (exact) mass is 334 g/mol. The fraction of sp³-hybridized carbons (Fsp3) is 0.143. The molecule has 0 aromatic heterocycles. The van der Waals surface area contributed by atoms with Gasteiger partial charge in [0.1, 0.15) is 19.0 Å². The number of benzene rings is 2. The SMILES string of the molecule is Nc1ccc(OCCOc2ccc([N+](=O)[O-])cc2[N+](=O)[O-])c(N)c1. The highest BCUT2D eigenvalue weighted by atomic mass is 16.6. The molecule has 0 saturated heterocycles. The van der Waals surface area contributed by atoms with Gasteiger partial charge < -0.3 is 20.9 Å². The van der Waals surface area contributed by atoms with E-state index in [9.17, 15) is 20.2 Å². The van der Waals surface area contributed by atoms with E-state index in [1.165, 1.54) is 12.1 Å². The van der Waals surface area contributed by atoms with Gasteiger partial charge in [-0.1, -0.05) is 0 Å². The van der Waals surface area contributed by atoms with Crippen LogP contribution in [-0.2, 0) is 0 Å². The van der Waals surface area contributed by atoms with E-state index in [0.29, 0.717) is 17.1 Å². The van der Waals surface area contributed by atoms with Crippen molar-refractivity contribution in [1.29, 1.82) is 0 Å². The van der Waals surface area contributed by atoms with Crippen LogP contribution >= 0.6 is 0 Å². The van der Waals surface area contributed by atoms with Crippen molar-refractivity contribution in [2.75, 3.05) is 24.7 Å². The van der Waals surface area contributed by atoms with Gasteiger partial charge in [0, 0.05) is 11.8 Å². The van der Waals surface area contributed by atoms with Gasteiger partial charge in [0.25, 0.3) is 5.69 Å². The minimum absolute atomic E-state index is 0.0114. The highest BCUT2D eigenvalue weighted by Gasteiger charge is 2.20. The lowest BCUT2D eigenvalue weighted by molar-refractivity contribution is -0.394. The number of nitrogens with two attached hydrogens (primary N) is 2. The van der Waals surface area contributed by atoms with Crippen molar-refractivity contribution in [3.8, 4) is 11.5 Å². The number of nitrogens with zero attached hydrogens (tertiary/aromatic N) is 2. The van der Waals surface area contributed by atoms with Crippen molar-refractivity contribution in [2.45, 2.75) is 0 Å². The number of nitro benzene ring substituents is 2. The van der Waals surface area contributed by atoms with Gasteiger partial charge in [-0.2, -0.15) is 0 Å². The first kappa shape index (κ1) is 16.8. The van der Waals surface area contributed by atoms with Crippen LogP contribution in [0.1, 0.15) is 0 Å². The van der Waals surface area contributed by atoms with Crippen molar-refractivity contribution >= 4 is 22.7 Å². The summed E-state index contributed by atoms with van der Waals surface area (Å²) in [5, 5.41) is 21.6. The molecule has 2 aromatic rings. The summed E-state index contributed by atoms with van der Waals surface area (Å²) in [6.45, 7) is 0.0602. The van der Waals surface area contributed by atoms with E-state index < -0.39 is 15.5 Å². The van der Waals surface area contributed by atoms with E-state index >= 15 is 0 Å². The molecule has 10 heteroatoms. The molecule has 24 heavy (non-hydrogen) atoms. The number of anilines is 2. The molecule has 0 fully saturated rings. The van der Waals surface area contributed by atoms with E-state index in [2.05, 4.69) is 0 Å². The van der Waals surface area contributed by atoms with E-state index in [1.807, 2.05) is 0 Å². The third-order valence-corrected chi connectivity index (χ3v) is 2.98. The molecule has 2 rings (SSSR count). The van der Waals surface area contributed by atoms with Crippen molar-refractivity contribution in [3.05, 3.63) is 56.6 Å². The van der Waals surface area contributed by atoms with Crippen LogP contribution < -0.4 is 20.9 Å². The van der Waals surface area contributed by atoms with E-state index in [-0.39, 0.29) is 24.7 Å². The Morgan fingerprint density at radius 1 is 0.875 bits per heavy atom. The van der Waals surface area contributed by atoms with Gasteiger partial charge in [-0.05, 0) is 24.3 Å². The number of hydrogen-bond acceptors (Lipinski definition) is 8. The molecule has 10 nitrogen and oxygen atoms in total. The summed E-state index contributed by atoms with van der Waals surface area (Å²) in [6, 6.07) is 7.90. The van der Waals surface area contributed by atoms with Crippen molar-refractivity contribution < 1.29 is 19.3 Å². The van der Waals surface area contributed by atoms with Crippen molar-refractivity contribution in [2.24, 2.45) is 0 Å². The van der Waals surface area contributed by atoms with Gasteiger partial charge in [-0.25, -0.2) is 0 Å². The standard InChI is InChI=1S/C14H14N4O6/c15-9-1-3-13(11(16)7-9)23-5-6-24-14-4-2-10(17(19)20)8-12(14)18(21)22/h1-4,7-8H,5-6,15-16H2. The first-order chi connectivity index (χ1) is 11.4. The zero-order valence-corrected chi connectivity index (χ0v) is 12.4. The zero-order chi connectivity index (χ0) is 17.7. The van der Waals surface area contributed by atoms with E-state index in [0.717, 1.165) is 12.1 Å². The summed E-state index contributed by atoms with van der Waals surface area (Å²) in [7, 11) is 0. The molecule has 0 atom stereocenters. The normalized spacial score (nSPS) is 10.2. The van der Waals surface area contributed by atoms with Crippen LogP contribution in [0.5, 0.6) is 11.5 Å². The molecule has 0 amide bonds. The molecule has 0 heterocycles. The lowest BCUT2D eigenvalue weighted by Gasteiger charge is -2.10. The Hall–Kier alpha value is -3.56. The minimum Gasteiger partial charge on any atom is -0.488 e. The molecule has 4 N–H and O–H groups in total. The van der Waals surface area contributed by atoms with Crippen LogP contribution in [0.25, 0.3) is 0 Å². The Kier molecular flexibility index (Phi) is 5.00. The molecule has 2 aromatic carbocycles. The quantitative estimate of drug-likeness (QED) is 0.337. The molecule has 0 aliphatic carbocycles. The average Bonchev–Trinajstić information content (AvgIpc) is 2.52. The Morgan fingerprint density at radius 2 is 1.50 bits per heavy atom. The summed E-state index contributed by atoms with van der Waals surface area (Å²) < 4.78 is 10.7. The van der Waals surface area contributed by atoms with Crippen molar-refractivity contribution in [3.63, 3.8) is 0 Å². The minimum atomic E-state index is -0.749. The molecule has 126 valence electrons. The average molecular weight is 334 g/mol. The number of ether oxygens (including phenoxy) is 2. The lowest BCUT2D eigenvalue weighted by atomic mass is 10.2. The summed E-state index contributed by atoms with van der Waals surface area (Å²) in [4.78, 5) is 20.2. The van der Waals surface area contributed by atoms with Gasteiger partial charge >= 0.3 is 5.69 Å². The van der Waals surface area contributed by atoms with Crippen LogP contribution in [0, 0.1) is 20.2 Å². The number of non-ortho nitro benzene ring substituents is 1. The molecule has 0 saturated carbocycles. The highest BCUT2D eigenvalue weighted by molar-refractivity contribution is 5.60. The van der Waals surface area contributed by atoms with Crippen LogP contribution in [0.2, 0.25) is 0 Å². The summed E-state index contributed by atoms with van der Waals surface area (Å²) in [6.07, 6.45) is 0. The number of rotatable bonds is 7. The van der Waals surface area contributed by atoms with Crippen LogP contribution in [-0.4, -0.2) is 23.1 Å². The Morgan fingerprint density at radius 3 is 2.08 bits per heavy atom. The second-order valence-electron chi connectivity index (χ2n) is 4.66. The fourth-order valence-electron chi connectivity index (χ4n) is 1.89. The molecule has 0 bridgehead atoms. The molecular weight excluding hydrogens is 320 g/mol. The Bertz CT molecular complexity index is 780. The highest BCUT2D eigenvalue weighted by Crippen LogP contribution is 2.31. The Labute approximate surface area is 135 Å². The van der Waals surface area contributed by atoms with Gasteiger partial charge in [0.15, 0.2) is 5.75 Å². The second-order valence-corrected chi connectivity index (χ2v) is 4.66. The molecule has 0 radical (unpaired) electrons. The van der Waals surface area contributed by atoms with Gasteiger partial charge in [0.2, 0.25) is 0 Å². The molecule has 0 unspecified atom stereocenters. The maximum Gasteiger partial charge on any atom is 0.317 e. The van der Waals surface area contributed by atoms with E-state index in [4.69, 9.17) is 20.9 Å². The molecule has 0 spiro atoms. The fourth-order valence-corrected chi connectivity index (χ4v) is 1.89. The topological polar surface area (TPSA) is 157 Å². The van der Waals surface area contributed by atoms with E-state index in [1.54, 1.807) is 12.1 Å². The van der Waals surface area contributed by atoms with Crippen LogP contribution in [0.3, 0.4) is 0 Å². The molecule has 0 aliphatic heterocycles. The zero-order valence-electron chi connectivity index (χ0n) is 12.4. The third-order valence-electron chi connectivity index (χ3n) is 2.98. The summed E-state index contributed by atoms with van der Waals surface area (Å²) in [5.41, 5.74) is 11.3. The van der Waals surface area contributed by atoms with Gasteiger partial charge in [-0.3, -0.25) is 20.2 Å². The summed E-state index contributed by atoms with van der Waals surface area (Å²) in [5.74, 6) is 0.325. The molecular formula is C14H14N4O6. The van der Waals surface area contributed by atoms with Crippen LogP contribution in [0.15, 0.2) is 36.4 Å². The molecule has 0 aliphatic rings. The Balaban J connectivity index is 1.99. The summed E-state index contributed by atoms with van der Waals surface area (Å²) >= 11 is 0. The maximum atomic E-state index is 11.0. The number of nitro groups is 2. The predicted molar refractivity (Wildman–Crippen MR) is 86.0 cm³/mol. The predicted octanol–water partition coefficient (Wildman–Crippen LogP) is 2.13. The maximum absolute atomic E-state index is 11.0. The van der Waals surface area contributed by atoms with Gasteiger partial charge in [0.05, 0.1) is 21.6 Å². The largest absolute Gasteiger partial charge is 0.488 e.